The van der Waals surface area contributed by atoms with Crippen molar-refractivity contribution >= 4 is 40.5 Å². The van der Waals surface area contributed by atoms with E-state index in [0.717, 1.165) is 14.5 Å². The smallest absolute Gasteiger partial charge is 0.459 e. The second-order valence-corrected chi connectivity index (χ2v) is 34.3. The van der Waals surface area contributed by atoms with Gasteiger partial charge in [-0.15, -0.1) is 0 Å². The number of para-hydroxylation sites is 1. The van der Waals surface area contributed by atoms with Crippen molar-refractivity contribution in [2.75, 3.05) is 20.3 Å². The number of nitrogens with two attached hydrogens (primary N) is 1. The minimum atomic E-state index is -4.37. The number of aromatic nitrogens is 4. The summed E-state index contributed by atoms with van der Waals surface area (Å²) in [6, 6.07) is 7.11. The molecule has 5 heterocycles. The van der Waals surface area contributed by atoms with E-state index in [1.54, 1.807) is 42.5 Å². The Bertz CT molecular complexity index is 3030. The molecule has 3 aliphatic heterocycles. The van der Waals surface area contributed by atoms with Crippen molar-refractivity contribution < 1.29 is 54.1 Å². The van der Waals surface area contributed by atoms with Crippen LogP contribution in [0, 0.1) is 13.8 Å². The van der Waals surface area contributed by atoms with Crippen LogP contribution in [0.4, 0.5) is 0 Å². The highest BCUT2D eigenvalue weighted by atomic mass is 32.2. The van der Waals surface area contributed by atoms with Crippen LogP contribution in [-0.4, -0.2) is 99.6 Å². The Kier molecular flexibility index (Phi) is 16.8. The molecule has 0 aliphatic carbocycles. The predicted molar refractivity (Wildman–Crippen MR) is 276 cm³/mol. The molecule has 1 saturated heterocycles. The van der Waals surface area contributed by atoms with Crippen LogP contribution in [0.3, 0.4) is 0 Å². The normalized spacial score (nSPS) is 24.4. The molecule has 3 N–H and O–H groups in total. The van der Waals surface area contributed by atoms with Gasteiger partial charge in [0, 0.05) is 36.6 Å². The highest BCUT2D eigenvalue weighted by Crippen LogP contribution is 2.52. The number of nitrogens with one attached hydrogen (secondary N) is 1. The molecule has 2 aromatic heterocycles. The first-order chi connectivity index (χ1) is 33.7. The molecule has 0 amide bonds. The lowest BCUT2D eigenvalue weighted by molar-refractivity contribution is -0.142. The summed E-state index contributed by atoms with van der Waals surface area (Å²) in [5, 5.41) is 2.72. The van der Waals surface area contributed by atoms with Gasteiger partial charge in [0.15, 0.2) is 34.7 Å². The van der Waals surface area contributed by atoms with Gasteiger partial charge in [0.2, 0.25) is 0 Å². The molecule has 0 radical (unpaired) electrons. The molecule has 6 rings (SSSR count). The Morgan fingerprint density at radius 2 is 1.42 bits per heavy atom. The number of carbonyl (C=O) groups excluding carboxylic acids is 1. The molecule has 3 unspecified atom stereocenters. The van der Waals surface area contributed by atoms with Crippen LogP contribution in [0.15, 0.2) is 85.2 Å². The van der Waals surface area contributed by atoms with E-state index >= 15 is 0 Å². The van der Waals surface area contributed by atoms with E-state index in [2.05, 4.69) is 25.9 Å². The summed E-state index contributed by atoms with van der Waals surface area (Å²) >= 11 is 0. The Balaban J connectivity index is 1.27. The van der Waals surface area contributed by atoms with Gasteiger partial charge in [0.05, 0.1) is 31.4 Å². The van der Waals surface area contributed by atoms with Crippen LogP contribution < -0.4 is 37.8 Å². The molecular formula is C47H71N6O16PSSi2. The van der Waals surface area contributed by atoms with Crippen LogP contribution >= 0.6 is 7.75 Å². The summed E-state index contributed by atoms with van der Waals surface area (Å²) in [6.07, 6.45) is -0.0649. The first-order valence-electron chi connectivity index (χ1n) is 23.9. The Labute approximate surface area is 427 Å². The number of hydrogen-bond donors (Lipinski definition) is 2. The van der Waals surface area contributed by atoms with Crippen LogP contribution in [0.25, 0.3) is 0 Å². The van der Waals surface area contributed by atoms with E-state index in [4.69, 9.17) is 42.0 Å². The quantitative estimate of drug-likeness (QED) is 0.0522. The zero-order valence-electron chi connectivity index (χ0n) is 44.0. The summed E-state index contributed by atoms with van der Waals surface area (Å²) in [7, 11) is -12.8. The molecule has 1 aromatic carbocycles. The van der Waals surface area contributed by atoms with Gasteiger partial charge in [-0.25, -0.2) is 18.3 Å². The lowest BCUT2D eigenvalue weighted by Crippen LogP contribution is -2.59. The Morgan fingerprint density at radius 1 is 0.863 bits per heavy atom. The Morgan fingerprint density at radius 3 is 1.96 bits per heavy atom. The van der Waals surface area contributed by atoms with E-state index < -0.39 is 110 Å². The second kappa shape index (κ2) is 21.2. The third-order valence-electron chi connectivity index (χ3n) is 14.2. The topological polar surface area (TPSA) is 268 Å². The second-order valence-electron chi connectivity index (χ2n) is 21.6. The van der Waals surface area contributed by atoms with Crippen molar-refractivity contribution in [3.63, 3.8) is 0 Å². The third kappa shape index (κ3) is 12.1. The first kappa shape index (κ1) is 57.7. The standard InChI is InChI=1S/C47H71N6O16PSSi2/c1-30-25-52(37-22-21-34(65-37)27-63-70(59,49-32(3)42(56)62-10)67-33-19-16-15-17-20-33)43(57)50(39(30)54)23-18-24-51-40(55)31(2)26-53(44(51)58)41-38(68-73(13,14)46(7,8)9)47(35(48)29-71(60,61)69-47)36(66-41)28-64-72(11,12)45(4,5)6/h15-17,19-22,25-26,29,32,34,36-38,41H,18,23-24,27-28,48H2,1-14H3,(H,49,59)/t32?,34-,36+,37+,38-,41+,47?,70?/m0/s1. The maximum atomic E-state index is 14.8. The van der Waals surface area contributed by atoms with Gasteiger partial charge in [-0.2, -0.15) is 13.5 Å². The molecule has 73 heavy (non-hydrogen) atoms. The number of ether oxygens (including phenoxy) is 3. The molecule has 3 aliphatic rings. The van der Waals surface area contributed by atoms with Gasteiger partial charge in [-0.1, -0.05) is 65.8 Å². The fourth-order valence-corrected chi connectivity index (χ4v) is 13.0. The van der Waals surface area contributed by atoms with Gasteiger partial charge in [0.25, 0.3) is 21.2 Å². The molecule has 0 bridgehead atoms. The molecule has 8 atom stereocenters. The maximum Gasteiger partial charge on any atom is 0.459 e. The average Bonchev–Trinajstić information content (AvgIpc) is 3.95. The number of benzene rings is 1. The summed E-state index contributed by atoms with van der Waals surface area (Å²) in [4.78, 5) is 68.4. The predicted octanol–water partition coefficient (Wildman–Crippen LogP) is 5.06. The van der Waals surface area contributed by atoms with E-state index in [1.807, 2.05) is 47.0 Å². The number of carbonyl (C=O) groups is 1. The molecule has 1 spiro atoms. The number of nitrogens with zero attached hydrogens (tertiary/aromatic N) is 4. The largest absolute Gasteiger partial charge is 0.468 e. The molecule has 26 heteroatoms. The number of aryl methyl sites for hydroxylation is 2. The van der Waals surface area contributed by atoms with Crippen LogP contribution in [0.1, 0.15) is 78.5 Å². The summed E-state index contributed by atoms with van der Waals surface area (Å²) in [6.45, 7) is 23.6. The molecular weight excluding hydrogens is 1020 g/mol. The van der Waals surface area contributed by atoms with Crippen molar-refractivity contribution in [3.8, 4) is 5.75 Å². The number of esters is 1. The Hall–Kier alpha value is -4.54. The highest BCUT2D eigenvalue weighted by Gasteiger charge is 2.67. The van der Waals surface area contributed by atoms with Crippen molar-refractivity contribution in [2.24, 2.45) is 5.73 Å². The molecule has 404 valence electrons. The third-order valence-corrected chi connectivity index (χ3v) is 25.9. The first-order valence-corrected chi connectivity index (χ1v) is 32.7. The lowest BCUT2D eigenvalue weighted by Gasteiger charge is -2.43. The van der Waals surface area contributed by atoms with E-state index in [-0.39, 0.29) is 60.3 Å². The SMILES string of the molecule is COC(=O)C(C)NP(=O)(OC[C@@H]1C=C[C@H](n2cc(C)c(=O)n(CCCn3c(=O)c(C)cn([C@@H]4O[C@H](CO[Si](C)(C)C(C)(C)C)C5(OS(=O)(=O)C=C5N)[C@H]4O[Si](C)(C)C(C)(C)C)c3=O)c2=O)O1)Oc1ccccc1. The summed E-state index contributed by atoms with van der Waals surface area (Å²) in [5.74, 6) is -0.507. The molecule has 3 aromatic rings. The zero-order chi connectivity index (χ0) is 54.4. The van der Waals surface area contributed by atoms with Crippen LogP contribution in [0.5, 0.6) is 5.75 Å². The van der Waals surface area contributed by atoms with Gasteiger partial charge >= 0.3 is 25.1 Å². The van der Waals surface area contributed by atoms with E-state index in [1.165, 1.54) is 49.4 Å². The van der Waals surface area contributed by atoms with Gasteiger partial charge in [0.1, 0.15) is 30.1 Å². The number of hydrogen-bond acceptors (Lipinski definition) is 17. The minimum absolute atomic E-state index is 0.0535. The average molecular weight is 1100 g/mol. The zero-order valence-corrected chi connectivity index (χ0v) is 47.7. The van der Waals surface area contributed by atoms with Gasteiger partial charge in [-0.05, 0) is 81.7 Å². The van der Waals surface area contributed by atoms with Crippen LogP contribution in [0.2, 0.25) is 36.3 Å². The minimum Gasteiger partial charge on any atom is -0.468 e. The summed E-state index contributed by atoms with van der Waals surface area (Å²) in [5.41, 5.74) is 1.97. The van der Waals surface area contributed by atoms with Crippen molar-refractivity contribution in [1.29, 1.82) is 0 Å². The molecule has 0 saturated carbocycles. The van der Waals surface area contributed by atoms with Gasteiger partial charge in [-0.3, -0.25) is 37.2 Å². The summed E-state index contributed by atoms with van der Waals surface area (Å²) < 4.78 is 93.4. The van der Waals surface area contributed by atoms with Crippen molar-refractivity contribution in [1.82, 2.24) is 23.4 Å². The van der Waals surface area contributed by atoms with Gasteiger partial charge < -0.3 is 33.3 Å². The highest BCUT2D eigenvalue weighted by molar-refractivity contribution is 7.90. The van der Waals surface area contributed by atoms with Crippen molar-refractivity contribution in [3.05, 3.63) is 119 Å². The monoisotopic (exact) mass is 1090 g/mol. The number of rotatable bonds is 19. The molecule has 1 fully saturated rings. The van der Waals surface area contributed by atoms with E-state index in [9.17, 15) is 37.0 Å². The number of methoxy groups -OCH3 is 1. The van der Waals surface area contributed by atoms with Crippen molar-refractivity contribution in [2.45, 2.75) is 160 Å². The fourth-order valence-electron chi connectivity index (χ4n) is 7.97. The molecule has 22 nitrogen and oxygen atoms in total. The van der Waals surface area contributed by atoms with E-state index in [0.29, 0.717) is 0 Å². The fraction of sp³-hybridized carbons (Fsp3) is 0.596. The van der Waals surface area contributed by atoms with Crippen LogP contribution in [-0.2, 0) is 64.3 Å². The maximum absolute atomic E-state index is 14.8. The lowest BCUT2D eigenvalue weighted by atomic mass is 9.89.